The number of hydrogen-bond acceptors (Lipinski definition) is 3. The zero-order valence-corrected chi connectivity index (χ0v) is 15.1. The second kappa shape index (κ2) is 7.58. The first-order valence-electron chi connectivity index (χ1n) is 8.86. The molecule has 1 aromatic heterocycles. The van der Waals surface area contributed by atoms with Gasteiger partial charge in [-0.2, -0.15) is 5.10 Å². The molecule has 0 unspecified atom stereocenters. The van der Waals surface area contributed by atoms with Gasteiger partial charge in [0.25, 0.3) is 0 Å². The molecule has 0 spiro atoms. The monoisotopic (exact) mass is 360 g/mol. The fourth-order valence-corrected chi connectivity index (χ4v) is 4.22. The Kier molecular flexibility index (Phi) is 5.45. The van der Waals surface area contributed by atoms with Gasteiger partial charge in [-0.3, -0.25) is 4.79 Å². The lowest BCUT2D eigenvalue weighted by Gasteiger charge is -2.37. The van der Waals surface area contributed by atoms with Crippen LogP contribution in [-0.2, 0) is 11.3 Å². The maximum absolute atomic E-state index is 12.9. The van der Waals surface area contributed by atoms with Gasteiger partial charge in [0.05, 0.1) is 17.3 Å². The number of hydrogen-bond donors (Lipinski definition) is 2. The summed E-state index contributed by atoms with van der Waals surface area (Å²) < 4.78 is 1.85. The van der Waals surface area contributed by atoms with Crippen LogP contribution in [0.25, 0.3) is 5.69 Å². The van der Waals surface area contributed by atoms with Gasteiger partial charge >= 0.3 is 0 Å². The second-order valence-corrected chi connectivity index (χ2v) is 7.04. The van der Waals surface area contributed by atoms with Crippen molar-refractivity contribution in [1.29, 1.82) is 0 Å². The highest BCUT2D eigenvalue weighted by Crippen LogP contribution is 2.43. The van der Waals surface area contributed by atoms with E-state index in [-0.39, 0.29) is 23.7 Å². The van der Waals surface area contributed by atoms with Crippen molar-refractivity contribution in [2.75, 3.05) is 13.1 Å². The van der Waals surface area contributed by atoms with Crippen LogP contribution in [-0.4, -0.2) is 28.8 Å². The molecule has 1 saturated heterocycles. The summed E-state index contributed by atoms with van der Waals surface area (Å²) in [6.07, 6.45) is 8.42. The minimum atomic E-state index is -0.187. The summed E-state index contributed by atoms with van der Waals surface area (Å²) in [6, 6.07) is 10.0. The van der Waals surface area contributed by atoms with Crippen molar-refractivity contribution < 1.29 is 4.79 Å². The molecule has 2 aromatic rings. The molecule has 1 aliphatic heterocycles. The topological polar surface area (TPSA) is 59.0 Å². The molecule has 1 amide bonds. The van der Waals surface area contributed by atoms with Crippen molar-refractivity contribution in [3.8, 4) is 5.69 Å². The van der Waals surface area contributed by atoms with E-state index < -0.39 is 0 Å². The molecule has 25 heavy (non-hydrogen) atoms. The third-order valence-corrected chi connectivity index (χ3v) is 5.60. The fraction of sp³-hybridized carbons (Fsp3) is 0.474. The number of rotatable bonds is 4. The van der Waals surface area contributed by atoms with E-state index in [9.17, 15) is 4.79 Å². The minimum Gasteiger partial charge on any atom is -0.351 e. The van der Waals surface area contributed by atoms with E-state index in [2.05, 4.69) is 15.7 Å². The van der Waals surface area contributed by atoms with Gasteiger partial charge in [0, 0.05) is 24.8 Å². The molecule has 2 aliphatic rings. The normalized spacial score (nSPS) is 25.0. The Morgan fingerprint density at radius 2 is 2.16 bits per heavy atom. The van der Waals surface area contributed by atoms with Crippen LogP contribution < -0.4 is 10.6 Å². The zero-order valence-electron chi connectivity index (χ0n) is 14.3. The number of nitrogens with zero attached hydrogens (tertiary/aromatic N) is 2. The molecule has 0 bridgehead atoms. The quantitative estimate of drug-likeness (QED) is 0.881. The van der Waals surface area contributed by atoms with E-state index in [1.807, 2.05) is 47.4 Å². The number of para-hydroxylation sites is 1. The average molecular weight is 361 g/mol. The Morgan fingerprint density at radius 1 is 1.32 bits per heavy atom. The van der Waals surface area contributed by atoms with Crippen LogP contribution in [0.4, 0.5) is 0 Å². The predicted octanol–water partition coefficient (Wildman–Crippen LogP) is 2.69. The van der Waals surface area contributed by atoms with Crippen LogP contribution in [0, 0.1) is 11.3 Å². The number of carbonyl (C=O) groups is 1. The van der Waals surface area contributed by atoms with E-state index in [0.29, 0.717) is 12.5 Å². The van der Waals surface area contributed by atoms with Gasteiger partial charge in [-0.1, -0.05) is 31.0 Å². The molecule has 0 radical (unpaired) electrons. The smallest absolute Gasteiger partial charge is 0.228 e. The second-order valence-electron chi connectivity index (χ2n) is 7.04. The van der Waals surface area contributed by atoms with E-state index >= 15 is 0 Å². The van der Waals surface area contributed by atoms with Gasteiger partial charge in [0.15, 0.2) is 0 Å². The molecule has 2 heterocycles. The number of carbonyl (C=O) groups excluding carboxylic acids is 1. The molecule has 2 N–H and O–H groups in total. The highest BCUT2D eigenvalue weighted by Gasteiger charge is 2.49. The summed E-state index contributed by atoms with van der Waals surface area (Å²) in [5.74, 6) is 0.711. The highest BCUT2D eigenvalue weighted by atomic mass is 35.5. The summed E-state index contributed by atoms with van der Waals surface area (Å²) in [7, 11) is 0. The lowest BCUT2D eigenvalue weighted by molar-refractivity contribution is -0.134. The predicted molar refractivity (Wildman–Crippen MR) is 99.9 cm³/mol. The summed E-state index contributed by atoms with van der Waals surface area (Å²) in [5.41, 5.74) is 1.87. The number of amides is 1. The van der Waals surface area contributed by atoms with Gasteiger partial charge in [0.1, 0.15) is 0 Å². The van der Waals surface area contributed by atoms with Crippen LogP contribution >= 0.6 is 12.4 Å². The molecule has 2 atom stereocenters. The molecule has 134 valence electrons. The van der Waals surface area contributed by atoms with Gasteiger partial charge in [-0.15, -0.1) is 12.4 Å². The highest BCUT2D eigenvalue weighted by molar-refractivity contribution is 5.85. The Bertz CT molecular complexity index is 717. The SMILES string of the molecule is Cl.O=C(NCc1cnn(-c2ccccc2)c1)[C@@]12CCCC[C@H]1CNC2. The Balaban J connectivity index is 0.00000182. The molecule has 5 nitrogen and oxygen atoms in total. The van der Waals surface area contributed by atoms with Crippen molar-refractivity contribution in [1.82, 2.24) is 20.4 Å². The van der Waals surface area contributed by atoms with Crippen LogP contribution in [0.1, 0.15) is 31.2 Å². The van der Waals surface area contributed by atoms with Crippen molar-refractivity contribution in [2.24, 2.45) is 11.3 Å². The standard InChI is InChI=1S/C19H24N4O.ClH/c24-18(19-9-5-4-6-16(19)12-20-14-19)21-10-15-11-22-23(13-15)17-7-2-1-3-8-17;/h1-3,7-8,11,13,16,20H,4-6,9-10,12,14H2,(H,21,24);1H/t16-,19+;/m0./s1. The van der Waals surface area contributed by atoms with Gasteiger partial charge < -0.3 is 10.6 Å². The number of fused-ring (bicyclic) bond motifs is 1. The van der Waals surface area contributed by atoms with Gasteiger partial charge in [-0.05, 0) is 37.4 Å². The minimum absolute atomic E-state index is 0. The first kappa shape index (κ1) is 18.0. The molecular weight excluding hydrogens is 336 g/mol. The van der Waals surface area contributed by atoms with E-state index in [0.717, 1.165) is 37.2 Å². The average Bonchev–Trinajstić information content (AvgIpc) is 3.28. The lowest BCUT2D eigenvalue weighted by Crippen LogP contribution is -2.47. The Labute approximate surface area is 154 Å². The van der Waals surface area contributed by atoms with Crippen molar-refractivity contribution >= 4 is 18.3 Å². The van der Waals surface area contributed by atoms with Crippen LogP contribution in [0.3, 0.4) is 0 Å². The first-order chi connectivity index (χ1) is 11.8. The number of benzene rings is 1. The molecule has 1 aliphatic carbocycles. The number of halogens is 1. The Hall–Kier alpha value is -1.85. The first-order valence-corrected chi connectivity index (χ1v) is 8.86. The van der Waals surface area contributed by atoms with E-state index in [4.69, 9.17) is 0 Å². The zero-order chi connectivity index (χ0) is 16.4. The third-order valence-electron chi connectivity index (χ3n) is 5.60. The maximum atomic E-state index is 12.9. The number of aromatic nitrogens is 2. The van der Waals surface area contributed by atoms with E-state index in [1.54, 1.807) is 0 Å². The van der Waals surface area contributed by atoms with E-state index in [1.165, 1.54) is 12.8 Å². The summed E-state index contributed by atoms with van der Waals surface area (Å²) in [4.78, 5) is 12.9. The largest absolute Gasteiger partial charge is 0.351 e. The van der Waals surface area contributed by atoms with Crippen LogP contribution in [0.5, 0.6) is 0 Å². The Morgan fingerprint density at radius 3 is 3.00 bits per heavy atom. The fourth-order valence-electron chi connectivity index (χ4n) is 4.22. The molecule has 1 aromatic carbocycles. The van der Waals surface area contributed by atoms with Gasteiger partial charge in [-0.25, -0.2) is 4.68 Å². The molecule has 1 saturated carbocycles. The van der Waals surface area contributed by atoms with Crippen molar-refractivity contribution in [3.63, 3.8) is 0 Å². The summed E-state index contributed by atoms with van der Waals surface area (Å²) >= 11 is 0. The molecule has 2 fully saturated rings. The lowest BCUT2D eigenvalue weighted by atomic mass is 9.67. The van der Waals surface area contributed by atoms with Crippen LogP contribution in [0.2, 0.25) is 0 Å². The number of nitrogens with one attached hydrogen (secondary N) is 2. The van der Waals surface area contributed by atoms with Crippen molar-refractivity contribution in [2.45, 2.75) is 32.2 Å². The maximum Gasteiger partial charge on any atom is 0.228 e. The third kappa shape index (κ3) is 3.44. The van der Waals surface area contributed by atoms with Crippen molar-refractivity contribution in [3.05, 3.63) is 48.3 Å². The summed E-state index contributed by atoms with van der Waals surface area (Å²) in [6.45, 7) is 2.35. The van der Waals surface area contributed by atoms with Gasteiger partial charge in [0.2, 0.25) is 5.91 Å². The molecule has 6 heteroatoms. The molecular formula is C19H25ClN4O. The van der Waals surface area contributed by atoms with Crippen LogP contribution in [0.15, 0.2) is 42.7 Å². The molecule has 4 rings (SSSR count). The summed E-state index contributed by atoms with van der Waals surface area (Å²) in [5, 5.41) is 11.0.